The molecule has 2 aromatic carbocycles. The molecule has 0 saturated heterocycles. The summed E-state index contributed by atoms with van der Waals surface area (Å²) in [6.45, 7) is 0. The van der Waals surface area contributed by atoms with E-state index in [4.69, 9.17) is 18.9 Å². The molecule has 98 valence electrons. The predicted octanol–water partition coefficient (Wildman–Crippen LogP) is 2.92. The van der Waals surface area contributed by atoms with Gasteiger partial charge in [0, 0.05) is 7.11 Å². The largest absolute Gasteiger partial charge is 0.497 e. The van der Waals surface area contributed by atoms with Crippen LogP contribution in [0.3, 0.4) is 0 Å². The molecule has 0 amide bonds. The lowest BCUT2D eigenvalue weighted by atomic mass is 10.2. The van der Waals surface area contributed by atoms with Crippen LogP contribution in [0.2, 0.25) is 0 Å². The van der Waals surface area contributed by atoms with Gasteiger partial charge in [-0.15, -0.1) is 0 Å². The molecule has 0 radical (unpaired) electrons. The zero-order valence-electron chi connectivity index (χ0n) is 10.8. The number of fused-ring (bicyclic) bond motifs is 1. The van der Waals surface area contributed by atoms with E-state index in [2.05, 4.69) is 0 Å². The van der Waals surface area contributed by atoms with Crippen molar-refractivity contribution in [3.8, 4) is 17.2 Å². The van der Waals surface area contributed by atoms with Crippen molar-refractivity contribution >= 4 is 0 Å². The van der Waals surface area contributed by atoms with E-state index >= 15 is 0 Å². The molecule has 0 aliphatic carbocycles. The SMILES string of the molecule is COc1ccc(C2(OC)Oc3ccccc3O2)cc1. The van der Waals surface area contributed by atoms with Crippen LogP contribution in [0.4, 0.5) is 0 Å². The molecule has 4 nitrogen and oxygen atoms in total. The maximum absolute atomic E-state index is 5.82. The molecule has 0 saturated carbocycles. The smallest absolute Gasteiger partial charge is 0.401 e. The first-order valence-corrected chi connectivity index (χ1v) is 5.94. The monoisotopic (exact) mass is 258 g/mol. The minimum atomic E-state index is -1.23. The minimum Gasteiger partial charge on any atom is -0.497 e. The quantitative estimate of drug-likeness (QED) is 0.848. The number of hydrogen-bond donors (Lipinski definition) is 0. The third-order valence-electron chi connectivity index (χ3n) is 3.05. The molecule has 0 aromatic heterocycles. The van der Waals surface area contributed by atoms with E-state index in [0.29, 0.717) is 11.5 Å². The second-order valence-electron chi connectivity index (χ2n) is 4.14. The number of ether oxygens (including phenoxy) is 4. The van der Waals surface area contributed by atoms with Gasteiger partial charge in [0.15, 0.2) is 11.5 Å². The lowest BCUT2D eigenvalue weighted by molar-refractivity contribution is -0.279. The van der Waals surface area contributed by atoms with E-state index in [0.717, 1.165) is 11.3 Å². The number of para-hydroxylation sites is 2. The fourth-order valence-electron chi connectivity index (χ4n) is 2.04. The molecule has 1 aliphatic heterocycles. The van der Waals surface area contributed by atoms with Crippen molar-refractivity contribution in [1.29, 1.82) is 0 Å². The molecule has 0 atom stereocenters. The molecule has 3 rings (SSSR count). The Morgan fingerprint density at radius 3 is 1.89 bits per heavy atom. The van der Waals surface area contributed by atoms with Gasteiger partial charge in [0.25, 0.3) is 0 Å². The van der Waals surface area contributed by atoms with Gasteiger partial charge in [-0.05, 0) is 36.4 Å². The molecule has 2 aromatic rings. The lowest BCUT2D eigenvalue weighted by Gasteiger charge is -2.25. The van der Waals surface area contributed by atoms with E-state index in [1.54, 1.807) is 14.2 Å². The molecular weight excluding hydrogens is 244 g/mol. The standard InChI is InChI=1S/C15H14O4/c1-16-12-9-7-11(8-10-12)15(17-2)18-13-5-3-4-6-14(13)19-15/h3-10H,1-2H3. The van der Waals surface area contributed by atoms with E-state index in [9.17, 15) is 0 Å². The Morgan fingerprint density at radius 1 is 0.842 bits per heavy atom. The Kier molecular flexibility index (Phi) is 2.80. The molecular formula is C15H14O4. The van der Waals surface area contributed by atoms with E-state index in [1.165, 1.54) is 0 Å². The van der Waals surface area contributed by atoms with Crippen LogP contribution in [-0.2, 0) is 10.7 Å². The molecule has 1 aliphatic rings. The van der Waals surface area contributed by atoms with Gasteiger partial charge in [-0.25, -0.2) is 0 Å². The van der Waals surface area contributed by atoms with Crippen LogP contribution in [-0.4, -0.2) is 14.2 Å². The fourth-order valence-corrected chi connectivity index (χ4v) is 2.04. The van der Waals surface area contributed by atoms with Gasteiger partial charge >= 0.3 is 5.97 Å². The summed E-state index contributed by atoms with van der Waals surface area (Å²) in [4.78, 5) is 0. The zero-order chi connectivity index (χ0) is 13.3. The van der Waals surface area contributed by atoms with Crippen LogP contribution in [0, 0.1) is 0 Å². The first-order chi connectivity index (χ1) is 9.27. The van der Waals surface area contributed by atoms with Crippen LogP contribution >= 0.6 is 0 Å². The predicted molar refractivity (Wildman–Crippen MR) is 69.4 cm³/mol. The summed E-state index contributed by atoms with van der Waals surface area (Å²) in [6, 6.07) is 14.9. The van der Waals surface area contributed by atoms with Gasteiger partial charge in [-0.2, -0.15) is 0 Å². The lowest BCUT2D eigenvalue weighted by Crippen LogP contribution is -2.37. The summed E-state index contributed by atoms with van der Waals surface area (Å²) in [5.41, 5.74) is 0.770. The molecule has 4 heteroatoms. The number of hydrogen-bond acceptors (Lipinski definition) is 4. The second kappa shape index (κ2) is 4.48. The van der Waals surface area contributed by atoms with E-state index in [1.807, 2.05) is 48.5 Å². The van der Waals surface area contributed by atoms with Crippen LogP contribution in [0.1, 0.15) is 5.56 Å². The second-order valence-corrected chi connectivity index (χ2v) is 4.14. The number of benzene rings is 2. The normalized spacial score (nSPS) is 15.3. The Balaban J connectivity index is 1.97. The summed E-state index contributed by atoms with van der Waals surface area (Å²) in [5.74, 6) is 0.876. The van der Waals surface area contributed by atoms with E-state index in [-0.39, 0.29) is 0 Å². The first kappa shape index (κ1) is 11.9. The maximum Gasteiger partial charge on any atom is 0.401 e. The third kappa shape index (κ3) is 1.90. The van der Waals surface area contributed by atoms with Crippen molar-refractivity contribution in [2.45, 2.75) is 5.97 Å². The van der Waals surface area contributed by atoms with Gasteiger partial charge in [0.1, 0.15) is 5.75 Å². The third-order valence-corrected chi connectivity index (χ3v) is 3.05. The molecule has 19 heavy (non-hydrogen) atoms. The minimum absolute atomic E-state index is 0.667. The highest BCUT2D eigenvalue weighted by Gasteiger charge is 2.44. The molecule has 0 unspecified atom stereocenters. The average Bonchev–Trinajstić information content (AvgIpc) is 2.87. The first-order valence-electron chi connectivity index (χ1n) is 5.94. The maximum atomic E-state index is 5.82. The van der Waals surface area contributed by atoms with Gasteiger partial charge in [-0.3, -0.25) is 0 Å². The van der Waals surface area contributed by atoms with Gasteiger partial charge in [0.2, 0.25) is 0 Å². The summed E-state index contributed by atoms with van der Waals surface area (Å²) in [7, 11) is 3.18. The van der Waals surface area contributed by atoms with Gasteiger partial charge in [0.05, 0.1) is 12.7 Å². The summed E-state index contributed by atoms with van der Waals surface area (Å²) < 4.78 is 22.2. The zero-order valence-corrected chi connectivity index (χ0v) is 10.8. The number of methoxy groups -OCH3 is 2. The fraction of sp³-hybridized carbons (Fsp3) is 0.200. The Morgan fingerprint density at radius 2 is 1.42 bits per heavy atom. The summed E-state index contributed by atoms with van der Waals surface area (Å²) >= 11 is 0. The van der Waals surface area contributed by atoms with E-state index < -0.39 is 5.97 Å². The number of rotatable bonds is 3. The Bertz CT molecular complexity index is 552. The molecule has 1 heterocycles. The molecule has 0 fully saturated rings. The van der Waals surface area contributed by atoms with Crippen LogP contribution in [0.15, 0.2) is 48.5 Å². The van der Waals surface area contributed by atoms with Crippen LogP contribution in [0.5, 0.6) is 17.2 Å². The van der Waals surface area contributed by atoms with Crippen molar-refractivity contribution < 1.29 is 18.9 Å². The van der Waals surface area contributed by atoms with Crippen molar-refractivity contribution in [3.63, 3.8) is 0 Å². The van der Waals surface area contributed by atoms with Crippen molar-refractivity contribution in [1.82, 2.24) is 0 Å². The van der Waals surface area contributed by atoms with Gasteiger partial charge < -0.3 is 18.9 Å². The van der Waals surface area contributed by atoms with Crippen molar-refractivity contribution in [3.05, 3.63) is 54.1 Å². The van der Waals surface area contributed by atoms with Crippen molar-refractivity contribution in [2.24, 2.45) is 0 Å². The highest BCUT2D eigenvalue weighted by molar-refractivity contribution is 5.44. The summed E-state index contributed by atoms with van der Waals surface area (Å²) in [6.07, 6.45) is 0. The van der Waals surface area contributed by atoms with Crippen LogP contribution < -0.4 is 14.2 Å². The molecule has 0 N–H and O–H groups in total. The Labute approximate surface area is 111 Å². The van der Waals surface area contributed by atoms with Gasteiger partial charge in [-0.1, -0.05) is 12.1 Å². The average molecular weight is 258 g/mol. The van der Waals surface area contributed by atoms with Crippen LogP contribution in [0.25, 0.3) is 0 Å². The molecule has 0 spiro atoms. The Hall–Kier alpha value is -2.20. The molecule has 0 bridgehead atoms. The van der Waals surface area contributed by atoms with Crippen molar-refractivity contribution in [2.75, 3.05) is 14.2 Å². The topological polar surface area (TPSA) is 36.9 Å². The highest BCUT2D eigenvalue weighted by atomic mass is 16.9. The highest BCUT2D eigenvalue weighted by Crippen LogP contribution is 2.44. The summed E-state index contributed by atoms with van der Waals surface area (Å²) in [5, 5.41) is 0.